The van der Waals surface area contributed by atoms with Crippen molar-refractivity contribution in [2.24, 2.45) is 0 Å². The van der Waals surface area contributed by atoms with Crippen molar-refractivity contribution in [1.82, 2.24) is 10.2 Å². The molecule has 1 unspecified atom stereocenters. The summed E-state index contributed by atoms with van der Waals surface area (Å²) in [6.45, 7) is 7.54. The fraction of sp³-hybridized carbons (Fsp3) is 0.310. The van der Waals surface area contributed by atoms with Crippen molar-refractivity contribution in [2.75, 3.05) is 17.4 Å². The van der Waals surface area contributed by atoms with Crippen LogP contribution in [0.4, 0.5) is 5.69 Å². The van der Waals surface area contributed by atoms with Crippen LogP contribution in [0, 0.1) is 13.8 Å². The number of benzene rings is 3. The van der Waals surface area contributed by atoms with E-state index < -0.39 is 28.5 Å². The zero-order valence-electron chi connectivity index (χ0n) is 22.1. The van der Waals surface area contributed by atoms with Gasteiger partial charge in [-0.05, 0) is 63.1 Å². The molecular formula is C29H34ClN3O4S. The molecule has 7 nitrogen and oxygen atoms in total. The topological polar surface area (TPSA) is 86.8 Å². The number of hydrogen-bond acceptors (Lipinski definition) is 4. The fourth-order valence-corrected chi connectivity index (χ4v) is 5.46. The van der Waals surface area contributed by atoms with Crippen LogP contribution in [0.3, 0.4) is 0 Å². The number of nitrogens with zero attached hydrogens (tertiary/aromatic N) is 2. The molecule has 9 heteroatoms. The molecule has 0 heterocycles. The molecule has 0 bridgehead atoms. The van der Waals surface area contributed by atoms with Crippen molar-refractivity contribution in [3.05, 3.63) is 94.5 Å². The number of halogens is 1. The lowest BCUT2D eigenvalue weighted by Gasteiger charge is -2.32. The molecule has 0 saturated carbocycles. The number of carbonyl (C=O) groups is 2. The second kappa shape index (κ2) is 12.9. The van der Waals surface area contributed by atoms with E-state index in [2.05, 4.69) is 5.32 Å². The first-order chi connectivity index (χ1) is 18.0. The Morgan fingerprint density at radius 1 is 0.947 bits per heavy atom. The Labute approximate surface area is 230 Å². The monoisotopic (exact) mass is 555 g/mol. The molecule has 0 saturated heterocycles. The van der Waals surface area contributed by atoms with E-state index in [1.807, 2.05) is 45.0 Å². The van der Waals surface area contributed by atoms with Crippen LogP contribution in [-0.4, -0.2) is 44.3 Å². The van der Waals surface area contributed by atoms with E-state index >= 15 is 0 Å². The Morgan fingerprint density at radius 2 is 1.55 bits per heavy atom. The maximum absolute atomic E-state index is 13.8. The predicted octanol–water partition coefficient (Wildman–Crippen LogP) is 5.10. The van der Waals surface area contributed by atoms with Crippen molar-refractivity contribution in [3.63, 3.8) is 0 Å². The predicted molar refractivity (Wildman–Crippen MR) is 152 cm³/mol. The van der Waals surface area contributed by atoms with Gasteiger partial charge in [0.05, 0.1) is 10.6 Å². The summed E-state index contributed by atoms with van der Waals surface area (Å²) in [7, 11) is -4.13. The molecule has 1 N–H and O–H groups in total. The molecule has 0 aliphatic heterocycles. The molecule has 3 aromatic rings. The number of rotatable bonds is 11. The minimum absolute atomic E-state index is 0.0506. The summed E-state index contributed by atoms with van der Waals surface area (Å²) >= 11 is 6.20. The summed E-state index contributed by atoms with van der Waals surface area (Å²) in [5, 5.41) is 3.17. The van der Waals surface area contributed by atoms with Gasteiger partial charge in [-0.15, -0.1) is 0 Å². The summed E-state index contributed by atoms with van der Waals surface area (Å²) in [6.07, 6.45) is 0.752. The molecule has 1 atom stereocenters. The molecule has 3 aromatic carbocycles. The number of sulfonamides is 1. The average Bonchev–Trinajstić information content (AvgIpc) is 2.89. The van der Waals surface area contributed by atoms with E-state index in [4.69, 9.17) is 11.6 Å². The van der Waals surface area contributed by atoms with Crippen LogP contribution in [0.15, 0.2) is 77.7 Å². The van der Waals surface area contributed by atoms with Gasteiger partial charge >= 0.3 is 0 Å². The van der Waals surface area contributed by atoms with Gasteiger partial charge in [0.1, 0.15) is 12.6 Å². The van der Waals surface area contributed by atoms with Gasteiger partial charge in [-0.1, -0.05) is 72.1 Å². The lowest BCUT2D eigenvalue weighted by Crippen LogP contribution is -2.51. The number of aryl methyl sites for hydroxylation is 2. The zero-order chi connectivity index (χ0) is 27.9. The SMILES string of the molecule is CCCNC(=O)C(C)N(Cc1ccc(C)cc1)C(=O)CN(c1cccc(Cl)c1)S(=O)(=O)c1ccc(C)cc1. The molecule has 0 fully saturated rings. The lowest BCUT2D eigenvalue weighted by atomic mass is 10.1. The average molecular weight is 556 g/mol. The molecule has 3 rings (SSSR count). The van der Waals surface area contributed by atoms with Crippen molar-refractivity contribution < 1.29 is 18.0 Å². The van der Waals surface area contributed by atoms with Crippen LogP contribution in [0.5, 0.6) is 0 Å². The van der Waals surface area contributed by atoms with Gasteiger partial charge < -0.3 is 10.2 Å². The van der Waals surface area contributed by atoms with Gasteiger partial charge in [-0.25, -0.2) is 8.42 Å². The third-order valence-corrected chi connectivity index (χ3v) is 8.20. The van der Waals surface area contributed by atoms with Crippen molar-refractivity contribution in [2.45, 2.75) is 51.6 Å². The maximum Gasteiger partial charge on any atom is 0.264 e. The summed E-state index contributed by atoms with van der Waals surface area (Å²) in [6, 6.07) is 19.6. The minimum atomic E-state index is -4.13. The van der Waals surface area contributed by atoms with E-state index in [1.54, 1.807) is 37.3 Å². The number of amides is 2. The van der Waals surface area contributed by atoms with Gasteiger partial charge in [-0.2, -0.15) is 0 Å². The first-order valence-corrected chi connectivity index (χ1v) is 14.3. The van der Waals surface area contributed by atoms with E-state index in [1.165, 1.54) is 23.1 Å². The number of anilines is 1. The molecule has 38 heavy (non-hydrogen) atoms. The van der Waals surface area contributed by atoms with Gasteiger partial charge in [-0.3, -0.25) is 13.9 Å². The second-order valence-electron chi connectivity index (χ2n) is 9.28. The fourth-order valence-electron chi connectivity index (χ4n) is 3.87. The Morgan fingerprint density at radius 3 is 2.13 bits per heavy atom. The number of nitrogens with one attached hydrogen (secondary N) is 1. The lowest BCUT2D eigenvalue weighted by molar-refractivity contribution is -0.139. The molecule has 202 valence electrons. The van der Waals surface area contributed by atoms with Crippen LogP contribution in [0.2, 0.25) is 5.02 Å². The molecule has 0 radical (unpaired) electrons. The van der Waals surface area contributed by atoms with Crippen LogP contribution < -0.4 is 9.62 Å². The largest absolute Gasteiger partial charge is 0.354 e. The number of carbonyl (C=O) groups excluding carboxylic acids is 2. The highest BCUT2D eigenvalue weighted by Gasteiger charge is 2.32. The van der Waals surface area contributed by atoms with Gasteiger partial charge in [0.2, 0.25) is 11.8 Å². The van der Waals surface area contributed by atoms with E-state index in [0.717, 1.165) is 27.4 Å². The van der Waals surface area contributed by atoms with Crippen LogP contribution in [0.25, 0.3) is 0 Å². The Bertz CT molecular complexity index is 1360. The highest BCUT2D eigenvalue weighted by molar-refractivity contribution is 7.92. The highest BCUT2D eigenvalue weighted by atomic mass is 35.5. The summed E-state index contributed by atoms with van der Waals surface area (Å²) in [5.41, 5.74) is 3.06. The second-order valence-corrected chi connectivity index (χ2v) is 11.6. The van der Waals surface area contributed by atoms with Crippen molar-refractivity contribution in [1.29, 1.82) is 0 Å². The molecule has 0 aliphatic rings. The quantitative estimate of drug-likeness (QED) is 0.357. The summed E-state index contributed by atoms with van der Waals surface area (Å²) < 4.78 is 28.6. The highest BCUT2D eigenvalue weighted by Crippen LogP contribution is 2.27. The molecule has 2 amide bonds. The third kappa shape index (κ3) is 7.36. The Hall–Kier alpha value is -3.36. The van der Waals surface area contributed by atoms with E-state index in [-0.39, 0.29) is 23.0 Å². The van der Waals surface area contributed by atoms with Crippen molar-refractivity contribution in [3.8, 4) is 0 Å². The first-order valence-electron chi connectivity index (χ1n) is 12.5. The summed E-state index contributed by atoms with van der Waals surface area (Å²) in [4.78, 5) is 28.2. The Balaban J connectivity index is 2.01. The first kappa shape index (κ1) is 29.2. The van der Waals surface area contributed by atoms with Crippen LogP contribution in [0.1, 0.15) is 37.0 Å². The zero-order valence-corrected chi connectivity index (χ0v) is 23.7. The van der Waals surface area contributed by atoms with Crippen molar-refractivity contribution >= 4 is 39.1 Å². The molecule has 0 aliphatic carbocycles. The maximum atomic E-state index is 13.8. The van der Waals surface area contributed by atoms with Gasteiger partial charge in [0, 0.05) is 18.1 Å². The van der Waals surface area contributed by atoms with Gasteiger partial charge in [0.15, 0.2) is 0 Å². The minimum Gasteiger partial charge on any atom is -0.354 e. The molecular weight excluding hydrogens is 522 g/mol. The van der Waals surface area contributed by atoms with E-state index in [9.17, 15) is 18.0 Å². The standard InChI is InChI=1S/C29H34ClN3O4S/c1-5-17-31-29(35)23(4)32(19-24-13-9-21(2)10-14-24)28(34)20-33(26-8-6-7-25(30)18-26)38(36,37)27-15-11-22(3)12-16-27/h6-16,18,23H,5,17,19-20H2,1-4H3,(H,31,35). The van der Waals surface area contributed by atoms with Crippen LogP contribution in [-0.2, 0) is 26.2 Å². The third-order valence-electron chi connectivity index (χ3n) is 6.17. The van der Waals surface area contributed by atoms with E-state index in [0.29, 0.717) is 11.6 Å². The van der Waals surface area contributed by atoms with Gasteiger partial charge in [0.25, 0.3) is 10.0 Å². The smallest absolute Gasteiger partial charge is 0.264 e. The summed E-state index contributed by atoms with van der Waals surface area (Å²) in [5.74, 6) is -0.816. The Kier molecular flexibility index (Phi) is 9.94. The molecule has 0 aromatic heterocycles. The molecule has 0 spiro atoms. The normalized spacial score (nSPS) is 12.0. The number of hydrogen-bond donors (Lipinski definition) is 1. The van der Waals surface area contributed by atoms with Crippen LogP contribution >= 0.6 is 11.6 Å².